The van der Waals surface area contributed by atoms with E-state index in [9.17, 15) is 4.79 Å². The molecular formula is C17H19NO2. The summed E-state index contributed by atoms with van der Waals surface area (Å²) in [6, 6.07) is 12.4. The summed E-state index contributed by atoms with van der Waals surface area (Å²) >= 11 is 0. The van der Waals surface area contributed by atoms with Crippen LogP contribution >= 0.6 is 0 Å². The van der Waals surface area contributed by atoms with Gasteiger partial charge in [-0.25, -0.2) is 0 Å². The van der Waals surface area contributed by atoms with Crippen LogP contribution in [-0.2, 0) is 11.2 Å². The molecule has 0 fully saturated rings. The summed E-state index contributed by atoms with van der Waals surface area (Å²) in [6.45, 7) is 4.26. The van der Waals surface area contributed by atoms with Crippen LogP contribution in [0.4, 0.5) is 0 Å². The molecule has 1 atom stereocenters. The third-order valence-corrected chi connectivity index (χ3v) is 4.01. The van der Waals surface area contributed by atoms with Crippen molar-refractivity contribution in [3.63, 3.8) is 0 Å². The van der Waals surface area contributed by atoms with Crippen LogP contribution in [0, 0.1) is 0 Å². The molecule has 0 amide bonds. The average molecular weight is 269 g/mol. The number of benzene rings is 2. The van der Waals surface area contributed by atoms with E-state index in [1.807, 2.05) is 12.1 Å². The largest absolute Gasteiger partial charge is 0.481 e. The van der Waals surface area contributed by atoms with Crippen LogP contribution < -0.4 is 5.32 Å². The lowest BCUT2D eigenvalue weighted by molar-refractivity contribution is -0.137. The van der Waals surface area contributed by atoms with E-state index in [2.05, 4.69) is 43.4 Å². The molecule has 0 spiro atoms. The lowest BCUT2D eigenvalue weighted by Gasteiger charge is -2.39. The Bertz CT molecular complexity index is 676. The normalized spacial score (nSPS) is 20.6. The van der Waals surface area contributed by atoms with E-state index in [0.717, 1.165) is 12.0 Å². The Hall–Kier alpha value is -1.87. The van der Waals surface area contributed by atoms with Crippen molar-refractivity contribution < 1.29 is 9.90 Å². The standard InChI is InChI=1S/C17H19NO2/c1-17(2)10-14-12-6-4-3-5-11(12)7-8-13(14)15(18-17)9-16(19)20/h3-8,15,18H,9-10H2,1-2H3,(H,19,20). The molecule has 104 valence electrons. The minimum atomic E-state index is -0.765. The summed E-state index contributed by atoms with van der Waals surface area (Å²) in [4.78, 5) is 11.1. The van der Waals surface area contributed by atoms with Gasteiger partial charge in [0.15, 0.2) is 0 Å². The molecule has 1 aliphatic heterocycles. The number of nitrogens with one attached hydrogen (secondary N) is 1. The quantitative estimate of drug-likeness (QED) is 0.879. The molecule has 1 heterocycles. The first-order valence-electron chi connectivity index (χ1n) is 6.96. The Morgan fingerprint density at radius 1 is 1.30 bits per heavy atom. The molecule has 3 nitrogen and oxygen atoms in total. The average Bonchev–Trinajstić information content (AvgIpc) is 2.36. The van der Waals surface area contributed by atoms with Crippen molar-refractivity contribution >= 4 is 16.7 Å². The fraction of sp³-hybridized carbons (Fsp3) is 0.353. The van der Waals surface area contributed by atoms with Gasteiger partial charge in [-0.2, -0.15) is 0 Å². The van der Waals surface area contributed by atoms with E-state index < -0.39 is 5.97 Å². The summed E-state index contributed by atoms with van der Waals surface area (Å²) in [5.74, 6) is -0.765. The number of hydrogen-bond donors (Lipinski definition) is 2. The Morgan fingerprint density at radius 3 is 2.80 bits per heavy atom. The SMILES string of the molecule is CC1(C)Cc2c(ccc3ccccc23)C(CC(=O)O)N1. The molecule has 0 radical (unpaired) electrons. The second kappa shape index (κ2) is 4.60. The third-order valence-electron chi connectivity index (χ3n) is 4.01. The second-order valence-electron chi connectivity index (χ2n) is 6.21. The summed E-state index contributed by atoms with van der Waals surface area (Å²) in [7, 11) is 0. The molecule has 2 N–H and O–H groups in total. The number of carboxylic acids is 1. The highest BCUT2D eigenvalue weighted by atomic mass is 16.4. The lowest BCUT2D eigenvalue weighted by atomic mass is 9.80. The van der Waals surface area contributed by atoms with Gasteiger partial charge in [0.25, 0.3) is 0 Å². The number of carboxylic acid groups (broad SMARTS) is 1. The molecule has 3 rings (SSSR count). The van der Waals surface area contributed by atoms with Crippen molar-refractivity contribution in [3.05, 3.63) is 47.5 Å². The minimum absolute atomic E-state index is 0.0861. The van der Waals surface area contributed by atoms with Gasteiger partial charge in [-0.3, -0.25) is 4.79 Å². The highest BCUT2D eigenvalue weighted by molar-refractivity contribution is 5.87. The maximum Gasteiger partial charge on any atom is 0.305 e. The minimum Gasteiger partial charge on any atom is -0.481 e. The van der Waals surface area contributed by atoms with Gasteiger partial charge in [0, 0.05) is 11.6 Å². The van der Waals surface area contributed by atoms with Crippen LogP contribution in [0.2, 0.25) is 0 Å². The topological polar surface area (TPSA) is 49.3 Å². The molecule has 0 aromatic heterocycles. The summed E-state index contributed by atoms with van der Waals surface area (Å²) in [6.07, 6.45) is 1.04. The maximum absolute atomic E-state index is 11.1. The van der Waals surface area contributed by atoms with E-state index in [1.54, 1.807) is 0 Å². The van der Waals surface area contributed by atoms with Crippen LogP contribution in [0.25, 0.3) is 10.8 Å². The van der Waals surface area contributed by atoms with Gasteiger partial charge < -0.3 is 10.4 Å². The molecule has 0 bridgehead atoms. The van der Waals surface area contributed by atoms with Crippen molar-refractivity contribution in [2.45, 2.75) is 38.3 Å². The van der Waals surface area contributed by atoms with E-state index in [1.165, 1.54) is 16.3 Å². The zero-order valence-corrected chi connectivity index (χ0v) is 11.8. The highest BCUT2D eigenvalue weighted by Gasteiger charge is 2.33. The van der Waals surface area contributed by atoms with Gasteiger partial charge in [-0.1, -0.05) is 36.4 Å². The fourth-order valence-corrected chi connectivity index (χ4v) is 3.25. The fourth-order valence-electron chi connectivity index (χ4n) is 3.25. The molecule has 2 aromatic rings. The monoisotopic (exact) mass is 269 g/mol. The number of carbonyl (C=O) groups is 1. The highest BCUT2D eigenvalue weighted by Crippen LogP contribution is 2.36. The molecule has 0 aliphatic carbocycles. The number of aliphatic carboxylic acids is 1. The zero-order valence-electron chi connectivity index (χ0n) is 11.8. The van der Waals surface area contributed by atoms with Crippen molar-refractivity contribution in [3.8, 4) is 0 Å². The van der Waals surface area contributed by atoms with E-state index in [0.29, 0.717) is 0 Å². The molecule has 1 aliphatic rings. The van der Waals surface area contributed by atoms with Crippen molar-refractivity contribution in [1.29, 1.82) is 0 Å². The summed E-state index contributed by atoms with van der Waals surface area (Å²) in [5.41, 5.74) is 2.33. The summed E-state index contributed by atoms with van der Waals surface area (Å²) < 4.78 is 0. The van der Waals surface area contributed by atoms with Crippen LogP contribution in [0.3, 0.4) is 0 Å². The molecular weight excluding hydrogens is 250 g/mol. The smallest absolute Gasteiger partial charge is 0.305 e. The molecule has 2 aromatic carbocycles. The van der Waals surface area contributed by atoms with Crippen LogP contribution in [0.1, 0.15) is 37.4 Å². The first-order chi connectivity index (χ1) is 9.46. The first-order valence-corrected chi connectivity index (χ1v) is 6.96. The first kappa shape index (κ1) is 13.1. The van der Waals surface area contributed by atoms with Crippen LogP contribution in [0.15, 0.2) is 36.4 Å². The predicted molar refractivity (Wildman–Crippen MR) is 79.9 cm³/mol. The molecule has 0 saturated carbocycles. The number of fused-ring (bicyclic) bond motifs is 3. The number of rotatable bonds is 2. The Morgan fingerprint density at radius 2 is 2.05 bits per heavy atom. The Balaban J connectivity index is 2.18. The van der Waals surface area contributed by atoms with Crippen LogP contribution in [0.5, 0.6) is 0 Å². The van der Waals surface area contributed by atoms with E-state index >= 15 is 0 Å². The van der Waals surface area contributed by atoms with E-state index in [-0.39, 0.29) is 18.0 Å². The Labute approximate surface area is 118 Å². The van der Waals surface area contributed by atoms with Gasteiger partial charge in [0.1, 0.15) is 0 Å². The molecule has 0 saturated heterocycles. The predicted octanol–water partition coefficient (Wildman–Crippen LogP) is 3.28. The molecule has 3 heteroatoms. The van der Waals surface area contributed by atoms with Gasteiger partial charge >= 0.3 is 5.97 Å². The molecule has 1 unspecified atom stereocenters. The Kier molecular flexibility index (Phi) is 3.02. The lowest BCUT2D eigenvalue weighted by Crippen LogP contribution is -2.48. The maximum atomic E-state index is 11.1. The van der Waals surface area contributed by atoms with Gasteiger partial charge in [0.2, 0.25) is 0 Å². The van der Waals surface area contributed by atoms with Crippen molar-refractivity contribution in [2.75, 3.05) is 0 Å². The summed E-state index contributed by atoms with van der Waals surface area (Å²) in [5, 5.41) is 15.1. The third kappa shape index (κ3) is 2.29. The van der Waals surface area contributed by atoms with Crippen LogP contribution in [-0.4, -0.2) is 16.6 Å². The van der Waals surface area contributed by atoms with Gasteiger partial charge in [0.05, 0.1) is 6.42 Å². The number of hydrogen-bond acceptors (Lipinski definition) is 2. The van der Waals surface area contributed by atoms with Gasteiger partial charge in [-0.05, 0) is 42.2 Å². The van der Waals surface area contributed by atoms with Gasteiger partial charge in [-0.15, -0.1) is 0 Å². The second-order valence-corrected chi connectivity index (χ2v) is 6.21. The van der Waals surface area contributed by atoms with E-state index in [4.69, 9.17) is 5.11 Å². The molecule has 20 heavy (non-hydrogen) atoms. The zero-order chi connectivity index (χ0) is 14.3. The van der Waals surface area contributed by atoms with Crippen molar-refractivity contribution in [2.24, 2.45) is 0 Å². The van der Waals surface area contributed by atoms with Crippen molar-refractivity contribution in [1.82, 2.24) is 5.32 Å².